The molecule has 0 saturated heterocycles. The molecule has 5 heteroatoms. The van der Waals surface area contributed by atoms with E-state index in [1.807, 2.05) is 17.4 Å². The number of rotatable bonds is 9. The van der Waals surface area contributed by atoms with E-state index < -0.39 is 0 Å². The average Bonchev–Trinajstić information content (AvgIpc) is 3.78. The predicted molar refractivity (Wildman–Crippen MR) is 290 cm³/mol. The third-order valence-corrected chi connectivity index (χ3v) is 15.9. The standard InChI is InChI=1S/C61H78BN2OS/c1-19-22-42-29-33-63(51-24-21-23-44-45-35-41(57(6,7)8)26-28-52(45)65-55(44)51)43(27-25-40(5)39(3)4)38-62-56-54(64(42)34-30-48(59(12,13)14)47(20-2)58(9,10)11)46-36-49-50(37-53(46)66-56)61(17,18)32-31-60(49,15)16/h19-22,24-30,33-39,44,47-48H,1-2,5,23,31-32H2,3-4,6-18H3/b27-25-,33-29+,34-30+,42-22+,43-38-. The van der Waals surface area contributed by atoms with Crippen LogP contribution in [0.1, 0.15) is 151 Å². The smallest absolute Gasteiger partial charge is 0.200 e. The Balaban J connectivity index is 1.51. The molecule has 3 heterocycles. The van der Waals surface area contributed by atoms with Gasteiger partial charge in [-0.25, -0.2) is 0 Å². The largest absolute Gasteiger partial charge is 0.459 e. The fraction of sp³-hybridized carbons (Fsp3) is 0.443. The molecule has 1 aromatic heterocycles. The van der Waals surface area contributed by atoms with Crippen LogP contribution in [0.4, 0.5) is 5.69 Å². The minimum absolute atomic E-state index is 0.0213. The van der Waals surface area contributed by atoms with Crippen molar-refractivity contribution < 1.29 is 4.74 Å². The summed E-state index contributed by atoms with van der Waals surface area (Å²) in [5.41, 5.74) is 11.0. The van der Waals surface area contributed by atoms with Crippen molar-refractivity contribution in [3.63, 3.8) is 0 Å². The molecule has 66 heavy (non-hydrogen) atoms. The van der Waals surface area contributed by atoms with Gasteiger partial charge in [0.15, 0.2) is 0 Å². The first-order valence-corrected chi connectivity index (χ1v) is 25.2. The number of allylic oxidation sites excluding steroid dienone is 11. The van der Waals surface area contributed by atoms with Crippen molar-refractivity contribution in [3.05, 3.63) is 174 Å². The predicted octanol–water partition coefficient (Wildman–Crippen LogP) is 16.6. The van der Waals surface area contributed by atoms with Gasteiger partial charge >= 0.3 is 0 Å². The maximum Gasteiger partial charge on any atom is 0.200 e. The van der Waals surface area contributed by atoms with Crippen LogP contribution >= 0.6 is 11.3 Å². The van der Waals surface area contributed by atoms with Crippen LogP contribution in [0, 0.1) is 28.6 Å². The molecule has 2 aliphatic heterocycles. The van der Waals surface area contributed by atoms with Gasteiger partial charge in [-0.05, 0) is 128 Å². The van der Waals surface area contributed by atoms with E-state index in [2.05, 4.69) is 238 Å². The molecule has 7 rings (SSSR count). The highest BCUT2D eigenvalue weighted by Crippen LogP contribution is 2.51. The number of thiophene rings is 1. The van der Waals surface area contributed by atoms with Crippen LogP contribution in [0.15, 0.2) is 152 Å². The molecule has 3 aromatic rings. The van der Waals surface area contributed by atoms with E-state index >= 15 is 0 Å². The molecule has 0 spiro atoms. The van der Waals surface area contributed by atoms with Crippen LogP contribution in [0.5, 0.6) is 5.75 Å². The summed E-state index contributed by atoms with van der Waals surface area (Å²) in [4.78, 5) is 4.76. The minimum atomic E-state index is -0.0246. The molecule has 0 bridgehead atoms. The summed E-state index contributed by atoms with van der Waals surface area (Å²) in [6.45, 7) is 48.3. The Kier molecular flexibility index (Phi) is 13.5. The lowest BCUT2D eigenvalue weighted by molar-refractivity contribution is 0.143. The number of benzene rings is 2. The molecule has 0 amide bonds. The molecular formula is C61H78BN2OS. The fourth-order valence-electron chi connectivity index (χ4n) is 10.3. The first kappa shape index (κ1) is 49.2. The van der Waals surface area contributed by atoms with Gasteiger partial charge in [-0.3, -0.25) is 0 Å². The molecule has 0 fully saturated rings. The van der Waals surface area contributed by atoms with Crippen molar-refractivity contribution in [2.45, 2.75) is 145 Å². The van der Waals surface area contributed by atoms with Crippen molar-refractivity contribution in [2.75, 3.05) is 4.90 Å². The number of hydrogen-bond acceptors (Lipinski definition) is 4. The average molecular weight is 898 g/mol. The van der Waals surface area contributed by atoms with Crippen molar-refractivity contribution in [3.8, 4) is 5.75 Å². The molecule has 0 saturated carbocycles. The SMILES string of the molecule is C=C/C=C1\C=C\N(C2=C3Oc4ccc(C(C)(C)C)cc4C3CC=C2)C(/C=C\C(=C)C(C)C)=C\[B]c2sc3cc4c(cc3c2N1/C=C/C(C(C=C)C(C)(C)C)C(C)(C)C)C(C)(C)CCC4(C)C. The van der Waals surface area contributed by atoms with E-state index in [4.69, 9.17) is 4.74 Å². The molecule has 1 radical (unpaired) electrons. The van der Waals surface area contributed by atoms with E-state index in [1.165, 1.54) is 49.2 Å². The minimum Gasteiger partial charge on any atom is -0.459 e. The van der Waals surface area contributed by atoms with Crippen LogP contribution in [-0.2, 0) is 16.2 Å². The van der Waals surface area contributed by atoms with Gasteiger partial charge in [0.1, 0.15) is 11.5 Å². The first-order chi connectivity index (χ1) is 30.8. The molecule has 4 aliphatic rings. The van der Waals surface area contributed by atoms with E-state index in [-0.39, 0.29) is 44.8 Å². The van der Waals surface area contributed by atoms with Gasteiger partial charge in [0, 0.05) is 39.4 Å². The van der Waals surface area contributed by atoms with Gasteiger partial charge < -0.3 is 14.5 Å². The second-order valence-corrected chi connectivity index (χ2v) is 25.2. The molecule has 3 unspecified atom stereocenters. The maximum absolute atomic E-state index is 6.93. The highest BCUT2D eigenvalue weighted by Gasteiger charge is 2.40. The monoisotopic (exact) mass is 898 g/mol. The Morgan fingerprint density at radius 2 is 1.56 bits per heavy atom. The third-order valence-electron chi connectivity index (χ3n) is 14.8. The zero-order chi connectivity index (χ0) is 48.3. The quantitative estimate of drug-likeness (QED) is 0.121. The molecule has 0 N–H and O–H groups in total. The lowest BCUT2D eigenvalue weighted by atomic mass is 9.63. The summed E-state index contributed by atoms with van der Waals surface area (Å²) in [6, 6.07) is 11.8. The number of hydrogen-bond donors (Lipinski definition) is 0. The van der Waals surface area contributed by atoms with Gasteiger partial charge in [-0.1, -0.05) is 171 Å². The van der Waals surface area contributed by atoms with Gasteiger partial charge in [-0.2, -0.15) is 0 Å². The van der Waals surface area contributed by atoms with E-state index in [9.17, 15) is 0 Å². The summed E-state index contributed by atoms with van der Waals surface area (Å²) < 4.78 is 9.43. The number of ether oxygens (including phenoxy) is 1. The second kappa shape index (κ2) is 18.1. The van der Waals surface area contributed by atoms with Gasteiger partial charge in [0.05, 0.1) is 17.3 Å². The Morgan fingerprint density at radius 3 is 2.17 bits per heavy atom. The summed E-state index contributed by atoms with van der Waals surface area (Å²) in [7, 11) is 2.35. The molecule has 3 nitrogen and oxygen atoms in total. The number of anilines is 1. The Bertz CT molecular complexity index is 2630. The Morgan fingerprint density at radius 1 is 0.894 bits per heavy atom. The fourth-order valence-corrected chi connectivity index (χ4v) is 11.4. The van der Waals surface area contributed by atoms with E-state index in [0.29, 0.717) is 5.92 Å². The summed E-state index contributed by atoms with van der Waals surface area (Å²) in [5.74, 6) is 5.13. The van der Waals surface area contributed by atoms with Gasteiger partial charge in [0.2, 0.25) is 7.28 Å². The van der Waals surface area contributed by atoms with Gasteiger partial charge in [-0.15, -0.1) is 17.9 Å². The number of nitrogens with zero attached hydrogens (tertiary/aromatic N) is 2. The first-order valence-electron chi connectivity index (χ1n) is 24.4. The normalized spacial score (nSPS) is 22.3. The van der Waals surface area contributed by atoms with E-state index in [1.54, 1.807) is 0 Å². The lowest BCUT2D eigenvalue weighted by Gasteiger charge is -2.42. The molecule has 3 atom stereocenters. The summed E-state index contributed by atoms with van der Waals surface area (Å²) in [6.07, 6.45) is 27.8. The number of fused-ring (bicyclic) bond motifs is 7. The van der Waals surface area contributed by atoms with Crippen LogP contribution in [-0.4, -0.2) is 12.2 Å². The van der Waals surface area contributed by atoms with Crippen molar-refractivity contribution in [2.24, 2.45) is 28.6 Å². The van der Waals surface area contributed by atoms with Crippen LogP contribution < -0.4 is 14.4 Å². The highest BCUT2D eigenvalue weighted by molar-refractivity contribution is 7.28. The Hall–Kier alpha value is -4.74. The van der Waals surface area contributed by atoms with Crippen LogP contribution in [0.25, 0.3) is 10.1 Å². The summed E-state index contributed by atoms with van der Waals surface area (Å²) >= 11 is 1.89. The molecule has 347 valence electrons. The second-order valence-electron chi connectivity index (χ2n) is 24.1. The lowest BCUT2D eigenvalue weighted by Crippen LogP contribution is -2.34. The Labute approximate surface area is 405 Å². The maximum atomic E-state index is 6.93. The zero-order valence-electron chi connectivity index (χ0n) is 43.2. The third kappa shape index (κ3) is 9.67. The van der Waals surface area contributed by atoms with Crippen LogP contribution in [0.2, 0.25) is 0 Å². The van der Waals surface area contributed by atoms with Crippen molar-refractivity contribution in [1.82, 2.24) is 4.90 Å². The zero-order valence-corrected chi connectivity index (χ0v) is 44.0. The topological polar surface area (TPSA) is 15.7 Å². The molecular weight excluding hydrogens is 820 g/mol. The molecule has 2 aliphatic carbocycles. The van der Waals surface area contributed by atoms with Crippen LogP contribution in [0.3, 0.4) is 0 Å². The van der Waals surface area contributed by atoms with Gasteiger partial charge in [0.25, 0.3) is 0 Å². The highest BCUT2D eigenvalue weighted by atomic mass is 32.1. The van der Waals surface area contributed by atoms with Crippen molar-refractivity contribution >= 4 is 39.2 Å². The molecule has 2 aromatic carbocycles. The van der Waals surface area contributed by atoms with Crippen molar-refractivity contribution in [1.29, 1.82) is 0 Å². The van der Waals surface area contributed by atoms with E-state index in [0.717, 1.165) is 47.0 Å². The summed E-state index contributed by atoms with van der Waals surface area (Å²) in [5, 5.41) is 1.28.